The first kappa shape index (κ1) is 19.0. The Morgan fingerprint density at radius 3 is 2.29 bits per heavy atom. The highest BCUT2D eigenvalue weighted by molar-refractivity contribution is 9.10. The number of nitrogens with zero attached hydrogens (tertiary/aromatic N) is 2. The molecule has 28 heavy (non-hydrogen) atoms. The van der Waals surface area contributed by atoms with Crippen LogP contribution in [0.1, 0.15) is 18.4 Å². The van der Waals surface area contributed by atoms with Crippen LogP contribution in [0, 0.1) is 0 Å². The van der Waals surface area contributed by atoms with Crippen molar-refractivity contribution in [1.29, 1.82) is 0 Å². The second kappa shape index (κ2) is 7.60. The summed E-state index contributed by atoms with van der Waals surface area (Å²) in [5.41, 5.74) is 0.902. The summed E-state index contributed by atoms with van der Waals surface area (Å²) < 4.78 is 11.8. The lowest BCUT2D eigenvalue weighted by Gasteiger charge is -2.39. The van der Waals surface area contributed by atoms with Crippen molar-refractivity contribution in [2.45, 2.75) is 18.4 Å². The van der Waals surface area contributed by atoms with Crippen molar-refractivity contribution in [2.75, 3.05) is 32.2 Å². The van der Waals surface area contributed by atoms with Gasteiger partial charge in [-0.15, -0.1) is 0 Å². The fraction of sp³-hybridized carbons (Fsp3) is 0.318. The Balaban J connectivity index is 1.55. The summed E-state index contributed by atoms with van der Waals surface area (Å²) in [7, 11) is 3.24. The first-order chi connectivity index (χ1) is 13.5. The Bertz CT molecular complexity index is 978. The minimum atomic E-state index is -0.903. The molecular formula is C22H23BrN2O3. The smallest absolute Gasteiger partial charge is 0.129 e. The van der Waals surface area contributed by atoms with Gasteiger partial charge in [-0.25, -0.2) is 4.98 Å². The van der Waals surface area contributed by atoms with Gasteiger partial charge in [-0.05, 0) is 60.9 Å². The molecule has 1 saturated heterocycles. The van der Waals surface area contributed by atoms with Crippen molar-refractivity contribution < 1.29 is 14.6 Å². The van der Waals surface area contributed by atoms with E-state index in [0.29, 0.717) is 24.3 Å². The summed E-state index contributed by atoms with van der Waals surface area (Å²) in [4.78, 5) is 7.03. The number of methoxy groups -OCH3 is 2. The molecule has 5 nitrogen and oxygen atoms in total. The van der Waals surface area contributed by atoms with Crippen LogP contribution in [0.25, 0.3) is 10.9 Å². The van der Waals surface area contributed by atoms with Gasteiger partial charge >= 0.3 is 0 Å². The van der Waals surface area contributed by atoms with E-state index in [-0.39, 0.29) is 0 Å². The van der Waals surface area contributed by atoms with E-state index in [9.17, 15) is 5.11 Å². The number of aromatic nitrogens is 1. The monoisotopic (exact) mass is 442 g/mol. The number of benzene rings is 2. The number of aliphatic hydroxyl groups is 1. The molecular weight excluding hydrogens is 420 g/mol. The summed E-state index contributed by atoms with van der Waals surface area (Å²) in [5.74, 6) is 2.32. The van der Waals surface area contributed by atoms with Crippen molar-refractivity contribution in [3.05, 3.63) is 58.6 Å². The lowest BCUT2D eigenvalue weighted by Crippen LogP contribution is -2.43. The zero-order valence-electron chi connectivity index (χ0n) is 16.0. The maximum atomic E-state index is 11.3. The normalized spacial score (nSPS) is 16.2. The van der Waals surface area contributed by atoms with Crippen LogP contribution in [0.2, 0.25) is 0 Å². The van der Waals surface area contributed by atoms with E-state index >= 15 is 0 Å². The van der Waals surface area contributed by atoms with Gasteiger partial charge in [0.15, 0.2) is 0 Å². The molecule has 6 heteroatoms. The highest BCUT2D eigenvalue weighted by Gasteiger charge is 2.35. The molecule has 4 rings (SSSR count). The zero-order chi connectivity index (χ0) is 19.7. The number of anilines is 1. The quantitative estimate of drug-likeness (QED) is 0.644. The standard InChI is InChI=1S/C22H23BrN2O3/c1-27-18-12-16(13-19(14-18)28-2)22(26)7-9-25(10-8-22)21-6-3-15-11-17(23)4-5-20(15)24-21/h3-6,11-14,26H,7-10H2,1-2H3. The molecule has 0 bridgehead atoms. The Labute approximate surface area is 173 Å². The summed E-state index contributed by atoms with van der Waals surface area (Å²) in [6.45, 7) is 1.45. The number of ether oxygens (including phenoxy) is 2. The Kier molecular flexibility index (Phi) is 5.17. The summed E-state index contributed by atoms with van der Waals surface area (Å²) in [5, 5.41) is 12.4. The molecule has 0 spiro atoms. The van der Waals surface area contributed by atoms with E-state index < -0.39 is 5.60 Å². The topological polar surface area (TPSA) is 54.8 Å². The zero-order valence-corrected chi connectivity index (χ0v) is 17.6. The SMILES string of the molecule is COc1cc(OC)cc(C2(O)CCN(c3ccc4cc(Br)ccc4n3)CC2)c1. The molecule has 2 aromatic carbocycles. The molecule has 3 aromatic rings. The molecule has 0 atom stereocenters. The van der Waals surface area contributed by atoms with Crippen LogP contribution in [-0.4, -0.2) is 37.4 Å². The molecule has 1 aliphatic heterocycles. The van der Waals surface area contributed by atoms with Crippen LogP contribution in [0.15, 0.2) is 53.0 Å². The molecule has 2 heterocycles. The third-order valence-electron chi connectivity index (χ3n) is 5.44. The Morgan fingerprint density at radius 2 is 1.64 bits per heavy atom. The number of fused-ring (bicyclic) bond motifs is 1. The van der Waals surface area contributed by atoms with Gasteiger partial charge < -0.3 is 19.5 Å². The molecule has 1 aromatic heterocycles. The molecule has 146 valence electrons. The van der Waals surface area contributed by atoms with Crippen molar-refractivity contribution >= 4 is 32.7 Å². The summed E-state index contributed by atoms with van der Waals surface area (Å²) in [6, 6.07) is 15.8. The van der Waals surface area contributed by atoms with Gasteiger partial charge in [0.25, 0.3) is 0 Å². The van der Waals surface area contributed by atoms with Gasteiger partial charge in [0.1, 0.15) is 17.3 Å². The maximum absolute atomic E-state index is 11.3. The van der Waals surface area contributed by atoms with Gasteiger partial charge in [-0.1, -0.05) is 15.9 Å². The number of halogens is 1. The lowest BCUT2D eigenvalue weighted by atomic mass is 9.84. The van der Waals surface area contributed by atoms with Crippen molar-refractivity contribution in [2.24, 2.45) is 0 Å². The first-order valence-electron chi connectivity index (χ1n) is 9.28. The van der Waals surface area contributed by atoms with Gasteiger partial charge in [-0.2, -0.15) is 0 Å². The van der Waals surface area contributed by atoms with Gasteiger partial charge in [-0.3, -0.25) is 0 Å². The predicted molar refractivity (Wildman–Crippen MR) is 114 cm³/mol. The molecule has 1 N–H and O–H groups in total. The van der Waals surface area contributed by atoms with E-state index in [1.807, 2.05) is 36.4 Å². The molecule has 0 amide bonds. The van der Waals surface area contributed by atoms with E-state index in [0.717, 1.165) is 39.8 Å². The van der Waals surface area contributed by atoms with Gasteiger partial charge in [0.2, 0.25) is 0 Å². The van der Waals surface area contributed by atoms with Crippen molar-refractivity contribution in [3.63, 3.8) is 0 Å². The molecule has 0 unspecified atom stereocenters. The van der Waals surface area contributed by atoms with Crippen LogP contribution in [-0.2, 0) is 5.60 Å². The second-order valence-electron chi connectivity index (χ2n) is 7.13. The lowest BCUT2D eigenvalue weighted by molar-refractivity contribution is 0.0113. The molecule has 1 fully saturated rings. The number of pyridine rings is 1. The third kappa shape index (κ3) is 3.66. The molecule has 1 aliphatic rings. The minimum absolute atomic E-state index is 0.614. The molecule has 0 saturated carbocycles. The van der Waals surface area contributed by atoms with Crippen LogP contribution in [0.4, 0.5) is 5.82 Å². The first-order valence-corrected chi connectivity index (χ1v) is 10.1. The second-order valence-corrected chi connectivity index (χ2v) is 8.04. The van der Waals surface area contributed by atoms with Gasteiger partial charge in [0.05, 0.1) is 25.3 Å². The summed E-state index contributed by atoms with van der Waals surface area (Å²) in [6.07, 6.45) is 1.23. The van der Waals surface area contributed by atoms with E-state index in [2.05, 4.69) is 33.0 Å². The van der Waals surface area contributed by atoms with Crippen molar-refractivity contribution in [1.82, 2.24) is 4.98 Å². The summed E-state index contributed by atoms with van der Waals surface area (Å²) >= 11 is 3.50. The van der Waals surface area contributed by atoms with E-state index in [4.69, 9.17) is 14.5 Å². The fourth-order valence-corrected chi connectivity index (χ4v) is 4.11. The Morgan fingerprint density at radius 1 is 0.964 bits per heavy atom. The van der Waals surface area contributed by atoms with Crippen molar-refractivity contribution in [3.8, 4) is 11.5 Å². The average Bonchev–Trinajstić information content (AvgIpc) is 2.73. The number of rotatable bonds is 4. The number of hydrogen-bond donors (Lipinski definition) is 1. The van der Waals surface area contributed by atoms with Crippen LogP contribution in [0.5, 0.6) is 11.5 Å². The number of piperidine rings is 1. The van der Waals surface area contributed by atoms with Crippen LogP contribution < -0.4 is 14.4 Å². The third-order valence-corrected chi connectivity index (χ3v) is 5.93. The average molecular weight is 443 g/mol. The predicted octanol–water partition coefficient (Wildman–Crippen LogP) is 4.50. The Hall–Kier alpha value is -2.31. The van der Waals surface area contributed by atoms with Crippen LogP contribution >= 0.6 is 15.9 Å². The molecule has 0 radical (unpaired) electrons. The fourth-order valence-electron chi connectivity index (χ4n) is 3.73. The van der Waals surface area contributed by atoms with Gasteiger partial charge in [0, 0.05) is 29.0 Å². The van der Waals surface area contributed by atoms with E-state index in [1.54, 1.807) is 14.2 Å². The van der Waals surface area contributed by atoms with E-state index in [1.165, 1.54) is 0 Å². The highest BCUT2D eigenvalue weighted by atomic mass is 79.9. The maximum Gasteiger partial charge on any atom is 0.129 e. The highest BCUT2D eigenvalue weighted by Crippen LogP contribution is 2.38. The number of hydrogen-bond acceptors (Lipinski definition) is 5. The van der Waals surface area contributed by atoms with Crippen LogP contribution in [0.3, 0.4) is 0 Å². The molecule has 0 aliphatic carbocycles. The largest absolute Gasteiger partial charge is 0.497 e. The minimum Gasteiger partial charge on any atom is -0.497 e.